The highest BCUT2D eigenvalue weighted by Crippen LogP contribution is 2.32. The van der Waals surface area contributed by atoms with Crippen molar-refractivity contribution in [2.45, 2.75) is 39.3 Å². The van der Waals surface area contributed by atoms with Crippen LogP contribution in [0.4, 0.5) is 0 Å². The predicted octanol–water partition coefficient (Wildman–Crippen LogP) is 3.74. The van der Waals surface area contributed by atoms with Gasteiger partial charge in [-0.15, -0.1) is 24.0 Å². The first-order chi connectivity index (χ1) is 14.0. The highest BCUT2D eigenvalue weighted by atomic mass is 127. The van der Waals surface area contributed by atoms with Crippen molar-refractivity contribution in [2.75, 3.05) is 34.4 Å². The summed E-state index contributed by atoms with van der Waals surface area (Å²) in [7, 11) is 5.22. The first kappa shape index (κ1) is 24.3. The number of halogens is 1. The molecule has 0 bridgehead atoms. The molecule has 0 aliphatic carbocycles. The fraction of sp³-hybridized carbons (Fsp3) is 0.545. The number of aromatic nitrogens is 2. The van der Waals surface area contributed by atoms with Crippen LogP contribution in [0.1, 0.15) is 37.6 Å². The molecule has 0 amide bonds. The van der Waals surface area contributed by atoms with Gasteiger partial charge in [0.15, 0.2) is 5.96 Å². The van der Waals surface area contributed by atoms with Gasteiger partial charge in [0.25, 0.3) is 0 Å². The van der Waals surface area contributed by atoms with E-state index in [1.165, 1.54) is 5.56 Å². The number of likely N-dealkylation sites (tertiary alicyclic amines) is 1. The van der Waals surface area contributed by atoms with Crippen molar-refractivity contribution < 1.29 is 9.47 Å². The summed E-state index contributed by atoms with van der Waals surface area (Å²) in [4.78, 5) is 11.3. The summed E-state index contributed by atoms with van der Waals surface area (Å²) in [5, 5.41) is 3.49. The van der Waals surface area contributed by atoms with Crippen LogP contribution in [0.25, 0.3) is 0 Å². The number of guanidine groups is 1. The maximum atomic E-state index is 5.43. The summed E-state index contributed by atoms with van der Waals surface area (Å²) in [6.45, 7) is 7.95. The van der Waals surface area contributed by atoms with Crippen molar-refractivity contribution in [3.8, 4) is 11.5 Å². The van der Waals surface area contributed by atoms with E-state index in [2.05, 4.69) is 50.7 Å². The quantitative estimate of drug-likeness (QED) is 0.338. The number of methoxy groups -OCH3 is 2. The highest BCUT2D eigenvalue weighted by Gasteiger charge is 2.27. The normalized spacial score (nSPS) is 16.5. The lowest BCUT2D eigenvalue weighted by Gasteiger charge is -2.22. The molecular weight excluding hydrogens is 493 g/mol. The second kappa shape index (κ2) is 11.4. The van der Waals surface area contributed by atoms with Gasteiger partial charge in [-0.05, 0) is 30.0 Å². The van der Waals surface area contributed by atoms with Gasteiger partial charge in [-0.2, -0.15) is 0 Å². The first-order valence-electron chi connectivity index (χ1n) is 10.2. The number of nitrogens with one attached hydrogen (secondary N) is 1. The molecule has 0 spiro atoms. The molecule has 8 heteroatoms. The third kappa shape index (κ3) is 6.02. The van der Waals surface area contributed by atoms with Crippen molar-refractivity contribution in [3.05, 3.63) is 42.0 Å². The molecule has 2 aromatic rings. The summed E-state index contributed by atoms with van der Waals surface area (Å²) in [6.07, 6.45) is 4.98. The molecule has 1 saturated heterocycles. The number of hydrogen-bond acceptors (Lipinski definition) is 4. The van der Waals surface area contributed by atoms with Crippen LogP contribution in [-0.4, -0.2) is 54.8 Å². The second-order valence-electron chi connectivity index (χ2n) is 7.87. The molecule has 1 aliphatic heterocycles. The Balaban J connectivity index is 0.00000320. The molecule has 1 N–H and O–H groups in total. The Kier molecular flexibility index (Phi) is 9.26. The van der Waals surface area contributed by atoms with Gasteiger partial charge in [0.05, 0.1) is 20.8 Å². The third-order valence-electron chi connectivity index (χ3n) is 5.31. The zero-order valence-electron chi connectivity index (χ0n) is 18.6. The zero-order valence-corrected chi connectivity index (χ0v) is 20.9. The number of hydrogen-bond donors (Lipinski definition) is 1. The molecule has 166 valence electrons. The number of benzene rings is 1. The minimum atomic E-state index is 0. The van der Waals surface area contributed by atoms with E-state index in [9.17, 15) is 0 Å². The van der Waals surface area contributed by atoms with Crippen molar-refractivity contribution >= 4 is 29.9 Å². The standard InChI is InChI=1S/C22H33N5O2.HI/c1-16(2)14-26-9-7-24-21(26)13-25-22(23-3)27-8-6-17(15-27)18-10-19(28-4)12-20(11-18)29-5;/h7,9-12,16-17H,6,8,13-15H2,1-5H3,(H,23,25);1H. The van der Waals surface area contributed by atoms with Gasteiger partial charge < -0.3 is 24.3 Å². The van der Waals surface area contributed by atoms with E-state index in [0.717, 1.165) is 49.3 Å². The molecule has 1 aromatic carbocycles. The van der Waals surface area contributed by atoms with Gasteiger partial charge in [-0.3, -0.25) is 4.99 Å². The number of aliphatic imine (C=N–C) groups is 1. The molecule has 3 rings (SSSR count). The Bertz CT molecular complexity index is 814. The van der Waals surface area contributed by atoms with E-state index in [4.69, 9.17) is 9.47 Å². The number of rotatable bonds is 7. The van der Waals surface area contributed by atoms with Crippen LogP contribution < -0.4 is 14.8 Å². The van der Waals surface area contributed by atoms with E-state index in [0.29, 0.717) is 18.4 Å². The molecule has 1 unspecified atom stereocenters. The zero-order chi connectivity index (χ0) is 20.8. The van der Waals surface area contributed by atoms with E-state index in [1.54, 1.807) is 14.2 Å². The number of nitrogens with zero attached hydrogens (tertiary/aromatic N) is 4. The average Bonchev–Trinajstić information content (AvgIpc) is 3.38. The molecular formula is C22H34IN5O2. The largest absolute Gasteiger partial charge is 0.497 e. The van der Waals surface area contributed by atoms with E-state index in [-0.39, 0.29) is 24.0 Å². The fourth-order valence-electron chi connectivity index (χ4n) is 3.85. The summed E-state index contributed by atoms with van der Waals surface area (Å²) in [5.74, 6) is 4.62. The highest BCUT2D eigenvalue weighted by molar-refractivity contribution is 14.0. The van der Waals surface area contributed by atoms with Gasteiger partial charge in [0.2, 0.25) is 0 Å². The molecule has 0 radical (unpaired) electrons. The Labute approximate surface area is 196 Å². The SMILES string of the molecule is CN=C(NCc1nccn1CC(C)C)N1CCC(c2cc(OC)cc(OC)c2)C1.I. The van der Waals surface area contributed by atoms with Crippen LogP contribution in [0.15, 0.2) is 35.6 Å². The fourth-order valence-corrected chi connectivity index (χ4v) is 3.85. The van der Waals surface area contributed by atoms with Gasteiger partial charge in [-0.25, -0.2) is 4.98 Å². The maximum absolute atomic E-state index is 5.43. The van der Waals surface area contributed by atoms with E-state index < -0.39 is 0 Å². The number of ether oxygens (including phenoxy) is 2. The van der Waals surface area contributed by atoms with Gasteiger partial charge >= 0.3 is 0 Å². The monoisotopic (exact) mass is 527 g/mol. The summed E-state index contributed by atoms with van der Waals surface area (Å²) < 4.78 is 13.1. The van der Waals surface area contributed by atoms with E-state index >= 15 is 0 Å². The van der Waals surface area contributed by atoms with E-state index in [1.807, 2.05) is 25.5 Å². The van der Waals surface area contributed by atoms with Crippen molar-refractivity contribution in [2.24, 2.45) is 10.9 Å². The van der Waals surface area contributed by atoms with Crippen LogP contribution in [0.5, 0.6) is 11.5 Å². The minimum Gasteiger partial charge on any atom is -0.497 e. The molecule has 30 heavy (non-hydrogen) atoms. The predicted molar refractivity (Wildman–Crippen MR) is 131 cm³/mol. The van der Waals surface area contributed by atoms with Crippen molar-refractivity contribution in [1.29, 1.82) is 0 Å². The Morgan fingerprint density at radius 2 is 1.93 bits per heavy atom. The molecule has 1 atom stereocenters. The van der Waals surface area contributed by atoms with Crippen molar-refractivity contribution in [3.63, 3.8) is 0 Å². The second-order valence-corrected chi connectivity index (χ2v) is 7.87. The van der Waals surface area contributed by atoms with Crippen LogP contribution in [0.3, 0.4) is 0 Å². The molecule has 0 saturated carbocycles. The molecule has 1 fully saturated rings. The smallest absolute Gasteiger partial charge is 0.194 e. The van der Waals surface area contributed by atoms with Crippen LogP contribution in [0.2, 0.25) is 0 Å². The van der Waals surface area contributed by atoms with Crippen LogP contribution in [-0.2, 0) is 13.1 Å². The Hall–Kier alpha value is -1.97. The van der Waals surface area contributed by atoms with Gasteiger partial charge in [0.1, 0.15) is 17.3 Å². The minimum absolute atomic E-state index is 0. The molecule has 1 aliphatic rings. The average molecular weight is 527 g/mol. The maximum Gasteiger partial charge on any atom is 0.194 e. The van der Waals surface area contributed by atoms with Gasteiger partial charge in [0, 0.05) is 51.1 Å². The molecule has 1 aromatic heterocycles. The van der Waals surface area contributed by atoms with Crippen molar-refractivity contribution in [1.82, 2.24) is 19.8 Å². The lowest BCUT2D eigenvalue weighted by Crippen LogP contribution is -2.40. The Morgan fingerprint density at radius 3 is 2.53 bits per heavy atom. The van der Waals surface area contributed by atoms with Crippen LogP contribution >= 0.6 is 24.0 Å². The molecule has 7 nitrogen and oxygen atoms in total. The van der Waals surface area contributed by atoms with Gasteiger partial charge in [-0.1, -0.05) is 13.8 Å². The topological polar surface area (TPSA) is 63.9 Å². The van der Waals surface area contributed by atoms with Crippen LogP contribution in [0, 0.1) is 5.92 Å². The first-order valence-corrected chi connectivity index (χ1v) is 10.2. The summed E-state index contributed by atoms with van der Waals surface area (Å²) in [6, 6.07) is 6.13. The third-order valence-corrected chi connectivity index (χ3v) is 5.31. The Morgan fingerprint density at radius 1 is 1.23 bits per heavy atom. The lowest BCUT2D eigenvalue weighted by molar-refractivity contribution is 0.392. The lowest BCUT2D eigenvalue weighted by atomic mass is 9.98. The summed E-state index contributed by atoms with van der Waals surface area (Å²) in [5.41, 5.74) is 1.24. The number of imidazole rings is 1. The molecule has 2 heterocycles. The summed E-state index contributed by atoms with van der Waals surface area (Å²) >= 11 is 0.